The van der Waals surface area contributed by atoms with Crippen molar-refractivity contribution in [3.63, 3.8) is 0 Å². The Morgan fingerprint density at radius 2 is 2.14 bits per heavy atom. The van der Waals surface area contributed by atoms with E-state index in [1.54, 1.807) is 0 Å². The standard InChI is InChI=1S/C19H25FN6O2/c1-4-5-9-21-18(28)25-26-15-14(11-22-19(15,2)3)16(24-26)23-17(27)12-7-6-8-13(20)10-12/h6-8,10,22H,4-5,9,11H2,1-3H3,(H2,21,25,28)(H,23,24,27). The highest BCUT2D eigenvalue weighted by molar-refractivity contribution is 6.04. The molecule has 2 heterocycles. The van der Waals surface area contributed by atoms with E-state index in [0.717, 1.165) is 30.2 Å². The van der Waals surface area contributed by atoms with Crippen LogP contribution in [-0.2, 0) is 12.1 Å². The Balaban J connectivity index is 1.83. The molecule has 0 fully saturated rings. The number of halogens is 1. The Hall–Kier alpha value is -2.94. The molecule has 1 aromatic carbocycles. The summed E-state index contributed by atoms with van der Waals surface area (Å²) in [6.07, 6.45) is 1.86. The van der Waals surface area contributed by atoms with Gasteiger partial charge in [0.1, 0.15) is 5.82 Å². The highest BCUT2D eigenvalue weighted by atomic mass is 19.1. The molecule has 3 rings (SSSR count). The Kier molecular flexibility index (Phi) is 5.64. The van der Waals surface area contributed by atoms with E-state index in [4.69, 9.17) is 0 Å². The third kappa shape index (κ3) is 4.14. The first-order valence-corrected chi connectivity index (χ1v) is 9.31. The van der Waals surface area contributed by atoms with Crippen LogP contribution in [0.2, 0.25) is 0 Å². The number of hydrogen-bond acceptors (Lipinski definition) is 4. The fraction of sp³-hybridized carbons (Fsp3) is 0.421. The topological polar surface area (TPSA) is 100 Å². The maximum atomic E-state index is 13.4. The summed E-state index contributed by atoms with van der Waals surface area (Å²) in [6.45, 7) is 7.02. The number of rotatable bonds is 6. The molecule has 0 spiro atoms. The quantitative estimate of drug-likeness (QED) is 0.572. The Bertz CT molecular complexity index is 893. The summed E-state index contributed by atoms with van der Waals surface area (Å²) in [5, 5.41) is 13.2. The second-order valence-electron chi connectivity index (χ2n) is 7.25. The van der Waals surface area contributed by atoms with Gasteiger partial charge in [0.2, 0.25) is 0 Å². The lowest BCUT2D eigenvalue weighted by atomic mass is 10.0. The van der Waals surface area contributed by atoms with E-state index in [1.165, 1.54) is 23.0 Å². The van der Waals surface area contributed by atoms with Crippen LogP contribution in [0.5, 0.6) is 0 Å². The fourth-order valence-corrected chi connectivity index (χ4v) is 3.16. The molecule has 1 aromatic heterocycles. The second kappa shape index (κ2) is 7.97. The fourth-order valence-electron chi connectivity index (χ4n) is 3.16. The number of carbonyl (C=O) groups is 2. The first-order valence-electron chi connectivity index (χ1n) is 9.31. The molecule has 4 N–H and O–H groups in total. The van der Waals surface area contributed by atoms with Crippen molar-refractivity contribution < 1.29 is 14.0 Å². The first kappa shape index (κ1) is 19.8. The van der Waals surface area contributed by atoms with Crippen molar-refractivity contribution in [1.82, 2.24) is 20.5 Å². The summed E-state index contributed by atoms with van der Waals surface area (Å²) in [4.78, 5) is 26.0. The summed E-state index contributed by atoms with van der Waals surface area (Å²) >= 11 is 0. The van der Waals surface area contributed by atoms with Gasteiger partial charge in [-0.3, -0.25) is 4.79 Å². The van der Waals surface area contributed by atoms with Gasteiger partial charge in [0.05, 0.1) is 11.2 Å². The zero-order chi connectivity index (χ0) is 20.3. The minimum atomic E-state index is -0.489. The second-order valence-corrected chi connectivity index (χ2v) is 7.25. The van der Waals surface area contributed by atoms with E-state index in [2.05, 4.69) is 26.5 Å². The van der Waals surface area contributed by atoms with Gasteiger partial charge >= 0.3 is 6.03 Å². The minimum Gasteiger partial charge on any atom is -0.337 e. The lowest BCUT2D eigenvalue weighted by Gasteiger charge is -2.21. The van der Waals surface area contributed by atoms with E-state index in [-0.39, 0.29) is 11.6 Å². The summed E-state index contributed by atoms with van der Waals surface area (Å²) in [6, 6.07) is 5.06. The Morgan fingerprint density at radius 1 is 1.36 bits per heavy atom. The number of hydrogen-bond donors (Lipinski definition) is 4. The maximum Gasteiger partial charge on any atom is 0.335 e. The van der Waals surface area contributed by atoms with E-state index < -0.39 is 17.3 Å². The molecule has 0 aliphatic carbocycles. The number of fused-ring (bicyclic) bond motifs is 1. The lowest BCUT2D eigenvalue weighted by Crippen LogP contribution is -2.39. The van der Waals surface area contributed by atoms with Crippen molar-refractivity contribution in [2.75, 3.05) is 17.3 Å². The number of carbonyl (C=O) groups excluding carboxylic acids is 2. The largest absolute Gasteiger partial charge is 0.337 e. The Labute approximate surface area is 162 Å². The molecule has 0 unspecified atom stereocenters. The molecule has 0 atom stereocenters. The number of benzene rings is 1. The molecule has 2 aromatic rings. The van der Waals surface area contributed by atoms with Crippen molar-refractivity contribution in [3.8, 4) is 0 Å². The maximum absolute atomic E-state index is 13.4. The minimum absolute atomic E-state index is 0.193. The molecule has 0 saturated heterocycles. The number of amides is 3. The summed E-state index contributed by atoms with van der Waals surface area (Å²) in [5.41, 5.74) is 3.99. The van der Waals surface area contributed by atoms with Crippen LogP contribution < -0.4 is 21.4 Å². The molecular weight excluding hydrogens is 363 g/mol. The zero-order valence-electron chi connectivity index (χ0n) is 16.2. The van der Waals surface area contributed by atoms with E-state index >= 15 is 0 Å². The van der Waals surface area contributed by atoms with E-state index in [0.29, 0.717) is 18.9 Å². The molecule has 150 valence electrons. The van der Waals surface area contributed by atoms with E-state index in [9.17, 15) is 14.0 Å². The van der Waals surface area contributed by atoms with Crippen LogP contribution in [0.25, 0.3) is 0 Å². The van der Waals surface area contributed by atoms with Crippen molar-refractivity contribution in [1.29, 1.82) is 0 Å². The molecule has 28 heavy (non-hydrogen) atoms. The van der Waals surface area contributed by atoms with Crippen molar-refractivity contribution in [2.45, 2.75) is 45.7 Å². The molecule has 1 aliphatic heterocycles. The highest BCUT2D eigenvalue weighted by Crippen LogP contribution is 2.34. The number of nitrogens with zero attached hydrogens (tertiary/aromatic N) is 2. The van der Waals surface area contributed by atoms with Gasteiger partial charge in [-0.1, -0.05) is 19.4 Å². The number of aromatic nitrogens is 2. The van der Waals surface area contributed by atoms with Crippen LogP contribution in [0.4, 0.5) is 15.0 Å². The Morgan fingerprint density at radius 3 is 2.86 bits per heavy atom. The van der Waals surface area contributed by atoms with Gasteiger partial charge in [-0.25, -0.2) is 14.6 Å². The molecule has 8 nitrogen and oxygen atoms in total. The number of urea groups is 1. The monoisotopic (exact) mass is 388 g/mol. The lowest BCUT2D eigenvalue weighted by molar-refractivity contribution is 0.102. The average molecular weight is 388 g/mol. The third-order valence-electron chi connectivity index (χ3n) is 4.62. The van der Waals surface area contributed by atoms with Crippen molar-refractivity contribution in [2.24, 2.45) is 0 Å². The number of nitrogens with one attached hydrogen (secondary N) is 4. The predicted molar refractivity (Wildman–Crippen MR) is 104 cm³/mol. The van der Waals surface area contributed by atoms with Crippen LogP contribution in [0.15, 0.2) is 24.3 Å². The van der Waals surface area contributed by atoms with Crippen LogP contribution in [0, 0.1) is 5.82 Å². The van der Waals surface area contributed by atoms with Crippen LogP contribution >= 0.6 is 0 Å². The number of anilines is 1. The molecule has 0 radical (unpaired) electrons. The normalized spacial score (nSPS) is 14.4. The summed E-state index contributed by atoms with van der Waals surface area (Å²) < 4.78 is 13.4. The highest BCUT2D eigenvalue weighted by Gasteiger charge is 2.37. The molecule has 9 heteroatoms. The van der Waals surface area contributed by atoms with Gasteiger partial charge < -0.3 is 16.0 Å². The van der Waals surface area contributed by atoms with Gasteiger partial charge in [-0.05, 0) is 38.5 Å². The van der Waals surface area contributed by atoms with Crippen LogP contribution in [0.1, 0.15) is 55.2 Å². The molecular formula is C19H25FN6O2. The molecule has 0 bridgehead atoms. The third-order valence-corrected chi connectivity index (χ3v) is 4.62. The first-order chi connectivity index (χ1) is 13.3. The summed E-state index contributed by atoms with van der Waals surface area (Å²) in [7, 11) is 0. The molecule has 3 amide bonds. The van der Waals surface area contributed by atoms with Crippen LogP contribution in [0.3, 0.4) is 0 Å². The van der Waals surface area contributed by atoms with Crippen molar-refractivity contribution >= 4 is 17.8 Å². The summed E-state index contributed by atoms with van der Waals surface area (Å²) in [5.74, 6) is -0.628. The average Bonchev–Trinajstić information content (AvgIpc) is 3.14. The zero-order valence-corrected chi connectivity index (χ0v) is 16.2. The van der Waals surface area contributed by atoms with Crippen LogP contribution in [-0.4, -0.2) is 28.4 Å². The van der Waals surface area contributed by atoms with Gasteiger partial charge in [0, 0.05) is 24.2 Å². The van der Waals surface area contributed by atoms with E-state index in [1.807, 2.05) is 20.8 Å². The van der Waals surface area contributed by atoms with Gasteiger partial charge in [0.15, 0.2) is 5.82 Å². The number of unbranched alkanes of at least 4 members (excludes halogenated alkanes) is 1. The van der Waals surface area contributed by atoms with Gasteiger partial charge in [-0.15, -0.1) is 5.10 Å². The molecule has 0 saturated carbocycles. The SMILES string of the molecule is CCCCNC(=O)Nn1nc(NC(=O)c2cccc(F)c2)c2c1C(C)(C)NC2. The smallest absolute Gasteiger partial charge is 0.335 e. The van der Waals surface area contributed by atoms with Gasteiger partial charge in [-0.2, -0.15) is 4.79 Å². The van der Waals surface area contributed by atoms with Gasteiger partial charge in [0.25, 0.3) is 5.91 Å². The van der Waals surface area contributed by atoms with Crippen molar-refractivity contribution in [3.05, 3.63) is 46.9 Å². The molecule has 1 aliphatic rings. The predicted octanol–water partition coefficient (Wildman–Crippen LogP) is 2.67.